The summed E-state index contributed by atoms with van der Waals surface area (Å²) in [6.45, 7) is 4.32. The Morgan fingerprint density at radius 3 is 2.86 bits per heavy atom. The van der Waals surface area contributed by atoms with Gasteiger partial charge in [-0.05, 0) is 50.3 Å². The highest BCUT2D eigenvalue weighted by Crippen LogP contribution is 2.30. The van der Waals surface area contributed by atoms with Crippen LogP contribution in [0.2, 0.25) is 0 Å². The summed E-state index contributed by atoms with van der Waals surface area (Å²) in [4.78, 5) is 7.16. The summed E-state index contributed by atoms with van der Waals surface area (Å²) in [5.41, 5.74) is 1.87. The van der Waals surface area contributed by atoms with E-state index in [1.165, 1.54) is 38.8 Å². The Morgan fingerprint density at radius 2 is 2.10 bits per heavy atom. The molecule has 1 saturated carbocycles. The topological polar surface area (TPSA) is 41.3 Å². The predicted molar refractivity (Wildman–Crippen MR) is 83.0 cm³/mol. The lowest BCUT2D eigenvalue weighted by Gasteiger charge is -2.24. The molecule has 1 aliphatic carbocycles. The minimum atomic E-state index is 0.646. The zero-order valence-electron chi connectivity index (χ0n) is 12.4. The third-order valence-corrected chi connectivity index (χ3v) is 4.55. The lowest BCUT2D eigenvalue weighted by atomic mass is 10.2. The minimum Gasteiger partial charge on any atom is -0.439 e. The molecule has 1 atom stereocenters. The first-order valence-electron chi connectivity index (χ1n) is 8.17. The smallest absolute Gasteiger partial charge is 0.209 e. The van der Waals surface area contributed by atoms with Crippen LogP contribution in [-0.4, -0.2) is 35.6 Å². The van der Waals surface area contributed by atoms with Crippen molar-refractivity contribution in [3.05, 3.63) is 30.2 Å². The number of nitrogens with one attached hydrogen (secondary N) is 1. The van der Waals surface area contributed by atoms with Crippen LogP contribution in [0.3, 0.4) is 0 Å². The number of oxazole rings is 1. The molecule has 1 aromatic heterocycles. The van der Waals surface area contributed by atoms with Gasteiger partial charge in [-0.2, -0.15) is 0 Å². The van der Waals surface area contributed by atoms with Gasteiger partial charge < -0.3 is 9.73 Å². The molecule has 1 N–H and O–H groups in total. The van der Waals surface area contributed by atoms with E-state index in [1.807, 2.05) is 24.3 Å². The van der Waals surface area contributed by atoms with Crippen molar-refractivity contribution in [3.63, 3.8) is 0 Å². The largest absolute Gasteiger partial charge is 0.439 e. The fourth-order valence-electron chi connectivity index (χ4n) is 3.27. The number of fused-ring (bicyclic) bond motifs is 1. The molecular formula is C17H23N3O. The van der Waals surface area contributed by atoms with Crippen LogP contribution in [0.15, 0.2) is 28.7 Å². The van der Waals surface area contributed by atoms with Crippen molar-refractivity contribution in [1.82, 2.24) is 15.2 Å². The van der Waals surface area contributed by atoms with Crippen molar-refractivity contribution in [1.29, 1.82) is 0 Å². The van der Waals surface area contributed by atoms with E-state index in [1.54, 1.807) is 0 Å². The molecule has 1 aliphatic heterocycles. The van der Waals surface area contributed by atoms with Gasteiger partial charge in [0.25, 0.3) is 0 Å². The highest BCUT2D eigenvalue weighted by atomic mass is 16.3. The molecule has 1 saturated heterocycles. The standard InChI is InChI=1S/C17H23N3O/c1-2-6-16-15(5-1)19-17(21-16)12-20(10-13-7-8-13)11-14-4-3-9-18-14/h1-2,5-6,13-14,18H,3-4,7-12H2. The molecule has 1 aromatic carbocycles. The van der Waals surface area contributed by atoms with E-state index in [9.17, 15) is 0 Å². The average molecular weight is 285 g/mol. The van der Waals surface area contributed by atoms with E-state index in [0.717, 1.165) is 36.0 Å². The van der Waals surface area contributed by atoms with Gasteiger partial charge in [-0.25, -0.2) is 4.98 Å². The Bertz CT molecular complexity index is 566. The molecule has 0 amide bonds. The molecule has 112 valence electrons. The molecule has 4 rings (SSSR count). The van der Waals surface area contributed by atoms with E-state index in [0.29, 0.717) is 6.04 Å². The Morgan fingerprint density at radius 1 is 1.19 bits per heavy atom. The van der Waals surface area contributed by atoms with Crippen LogP contribution >= 0.6 is 0 Å². The fourth-order valence-corrected chi connectivity index (χ4v) is 3.27. The third kappa shape index (κ3) is 3.27. The first kappa shape index (κ1) is 13.3. The normalized spacial score (nSPS) is 22.4. The highest BCUT2D eigenvalue weighted by Gasteiger charge is 2.27. The lowest BCUT2D eigenvalue weighted by Crippen LogP contribution is -2.38. The number of rotatable bonds is 6. The molecule has 0 bridgehead atoms. The molecule has 2 aromatic rings. The van der Waals surface area contributed by atoms with Crippen LogP contribution < -0.4 is 5.32 Å². The van der Waals surface area contributed by atoms with Crippen molar-refractivity contribution in [2.75, 3.05) is 19.6 Å². The molecule has 0 radical (unpaired) electrons. The minimum absolute atomic E-state index is 0.646. The third-order valence-electron chi connectivity index (χ3n) is 4.55. The summed E-state index contributed by atoms with van der Waals surface area (Å²) in [6.07, 6.45) is 5.39. The van der Waals surface area contributed by atoms with Gasteiger partial charge in [0.1, 0.15) is 5.52 Å². The number of hydrogen-bond acceptors (Lipinski definition) is 4. The van der Waals surface area contributed by atoms with Crippen LogP contribution in [0.1, 0.15) is 31.6 Å². The van der Waals surface area contributed by atoms with E-state index in [4.69, 9.17) is 4.42 Å². The molecule has 1 unspecified atom stereocenters. The van der Waals surface area contributed by atoms with E-state index in [2.05, 4.69) is 15.2 Å². The van der Waals surface area contributed by atoms with Gasteiger partial charge in [0, 0.05) is 19.1 Å². The zero-order valence-corrected chi connectivity index (χ0v) is 12.4. The molecule has 21 heavy (non-hydrogen) atoms. The lowest BCUT2D eigenvalue weighted by molar-refractivity contribution is 0.213. The molecule has 2 heterocycles. The van der Waals surface area contributed by atoms with Crippen molar-refractivity contribution in [2.24, 2.45) is 5.92 Å². The van der Waals surface area contributed by atoms with Gasteiger partial charge in [-0.3, -0.25) is 4.90 Å². The number of nitrogens with zero attached hydrogens (tertiary/aromatic N) is 2. The Balaban J connectivity index is 1.46. The number of para-hydroxylation sites is 2. The fraction of sp³-hybridized carbons (Fsp3) is 0.588. The first-order chi connectivity index (χ1) is 10.4. The van der Waals surface area contributed by atoms with Crippen LogP contribution in [-0.2, 0) is 6.54 Å². The molecule has 4 nitrogen and oxygen atoms in total. The van der Waals surface area contributed by atoms with Crippen molar-refractivity contribution in [3.8, 4) is 0 Å². The molecular weight excluding hydrogens is 262 g/mol. The van der Waals surface area contributed by atoms with Crippen LogP contribution in [0, 0.1) is 5.92 Å². The highest BCUT2D eigenvalue weighted by molar-refractivity contribution is 5.72. The van der Waals surface area contributed by atoms with Gasteiger partial charge in [-0.15, -0.1) is 0 Å². The van der Waals surface area contributed by atoms with Gasteiger partial charge in [0.15, 0.2) is 5.58 Å². The maximum absolute atomic E-state index is 5.89. The quantitative estimate of drug-likeness (QED) is 0.886. The maximum Gasteiger partial charge on any atom is 0.209 e. The van der Waals surface area contributed by atoms with Crippen LogP contribution in [0.25, 0.3) is 11.1 Å². The first-order valence-corrected chi connectivity index (χ1v) is 8.17. The Hall–Kier alpha value is -1.39. The van der Waals surface area contributed by atoms with Crippen molar-refractivity contribution in [2.45, 2.75) is 38.3 Å². The van der Waals surface area contributed by atoms with E-state index >= 15 is 0 Å². The van der Waals surface area contributed by atoms with Gasteiger partial charge in [0.05, 0.1) is 6.54 Å². The van der Waals surface area contributed by atoms with Gasteiger partial charge in [-0.1, -0.05) is 12.1 Å². The average Bonchev–Trinajstić information content (AvgIpc) is 3.00. The van der Waals surface area contributed by atoms with E-state index in [-0.39, 0.29) is 0 Å². The van der Waals surface area contributed by atoms with E-state index < -0.39 is 0 Å². The number of benzene rings is 1. The monoisotopic (exact) mass is 285 g/mol. The molecule has 4 heteroatoms. The van der Waals surface area contributed by atoms with Crippen LogP contribution in [0.4, 0.5) is 0 Å². The van der Waals surface area contributed by atoms with Crippen molar-refractivity contribution < 1.29 is 4.42 Å². The predicted octanol–water partition coefficient (Wildman–Crippen LogP) is 2.79. The van der Waals surface area contributed by atoms with Gasteiger partial charge >= 0.3 is 0 Å². The van der Waals surface area contributed by atoms with Gasteiger partial charge in [0.2, 0.25) is 5.89 Å². The molecule has 0 spiro atoms. The van der Waals surface area contributed by atoms with Crippen molar-refractivity contribution >= 4 is 11.1 Å². The second kappa shape index (κ2) is 5.78. The molecule has 2 fully saturated rings. The molecule has 2 aliphatic rings. The summed E-state index contributed by atoms with van der Waals surface area (Å²) in [6, 6.07) is 8.68. The summed E-state index contributed by atoms with van der Waals surface area (Å²) in [5.74, 6) is 1.76. The summed E-state index contributed by atoms with van der Waals surface area (Å²) >= 11 is 0. The second-order valence-electron chi connectivity index (χ2n) is 6.51. The Labute approximate surface area is 125 Å². The summed E-state index contributed by atoms with van der Waals surface area (Å²) in [7, 11) is 0. The summed E-state index contributed by atoms with van der Waals surface area (Å²) < 4.78 is 5.89. The zero-order chi connectivity index (χ0) is 14.1. The summed E-state index contributed by atoms with van der Waals surface area (Å²) in [5, 5.41) is 3.60. The Kier molecular flexibility index (Phi) is 3.65. The number of aromatic nitrogens is 1. The second-order valence-corrected chi connectivity index (χ2v) is 6.51. The SMILES string of the molecule is c1ccc2oc(CN(CC3CC3)CC3CCCN3)nc2c1. The van der Waals surface area contributed by atoms with Crippen LogP contribution in [0.5, 0.6) is 0 Å². The number of hydrogen-bond donors (Lipinski definition) is 1. The maximum atomic E-state index is 5.89.